The van der Waals surface area contributed by atoms with Gasteiger partial charge in [-0.05, 0) is 173 Å². The molecule has 4 atom stereocenters. The number of likely N-dealkylation sites (tertiary alicyclic amines) is 2. The molecule has 0 radical (unpaired) electrons. The average molecular weight is 1190 g/mol. The van der Waals surface area contributed by atoms with Crippen molar-refractivity contribution in [3.63, 3.8) is 0 Å². The number of aromatic nitrogens is 6. The monoisotopic (exact) mass is 1190 g/mol. The van der Waals surface area contributed by atoms with Crippen LogP contribution in [0, 0.1) is 11.8 Å². The lowest BCUT2D eigenvalue weighted by Gasteiger charge is -2.32. The normalized spacial score (nSPS) is 22.2. The van der Waals surface area contributed by atoms with Crippen LogP contribution in [0.1, 0.15) is 107 Å². The highest BCUT2D eigenvalue weighted by molar-refractivity contribution is 6.30. The molecule has 6 aliphatic rings. The fourth-order valence-electron chi connectivity index (χ4n) is 12.5. The first-order valence-corrected chi connectivity index (χ1v) is 30.2. The Balaban J connectivity index is 0.000000158. The highest BCUT2D eigenvalue weighted by Gasteiger charge is 2.43. The number of hydrogen-bond acceptors (Lipinski definition) is 15. The standard InChI is InChI=1S/C33H35ClN4O5.C32H33ClN4O5/c1-33(29-9-7-24(34)18-35-29)42-28-5-3-4-22(31(28)43-33)16-21-10-13-37(14-11-21)20-30-36-26-8-6-23(32(39)40-2)17-27(26)38(30)19-25-12-15-41-25;1-32(28-8-6-23(33)17-34-28)41-27-4-2-3-21(30(27)42-32)15-20-9-12-36(13-10-20)19-29-35-25-7-5-22(31(38)39)16-26(25)37(29)18-24-11-14-40-24/h3-9,17-18,21,25H,10-16,19-20H2,1-2H3;2-8,16-17,20,24H,9-15,18-19H2,1H3,(H,38,39)/t25-,33?;24-,32?/m00/s1. The molecule has 4 aromatic heterocycles. The number of carboxylic acids is 1. The Kier molecular flexibility index (Phi) is 15.9. The molecule has 85 heavy (non-hydrogen) atoms. The first kappa shape index (κ1) is 56.8. The Morgan fingerprint density at radius 3 is 1.45 bits per heavy atom. The lowest BCUT2D eigenvalue weighted by Crippen LogP contribution is -2.36. The molecule has 14 rings (SSSR count). The van der Waals surface area contributed by atoms with E-state index in [1.165, 1.54) is 7.11 Å². The maximum Gasteiger partial charge on any atom is 0.337 e. The first-order chi connectivity index (χ1) is 41.2. The smallest absolute Gasteiger partial charge is 0.337 e. The summed E-state index contributed by atoms with van der Waals surface area (Å²) in [6.07, 6.45) is 11.7. The lowest BCUT2D eigenvalue weighted by molar-refractivity contribution is -0.0725. The van der Waals surface area contributed by atoms with Gasteiger partial charge >= 0.3 is 11.9 Å². The van der Waals surface area contributed by atoms with E-state index >= 15 is 0 Å². The van der Waals surface area contributed by atoms with Crippen molar-refractivity contribution in [2.75, 3.05) is 46.5 Å². The number of pyridine rings is 2. The third kappa shape index (κ3) is 12.0. The van der Waals surface area contributed by atoms with Gasteiger partial charge in [-0.25, -0.2) is 19.6 Å². The summed E-state index contributed by atoms with van der Waals surface area (Å²) in [5.41, 5.74) is 8.00. The van der Waals surface area contributed by atoms with Crippen LogP contribution in [0.3, 0.4) is 0 Å². The Morgan fingerprint density at radius 2 is 1.05 bits per heavy atom. The molecule has 442 valence electrons. The van der Waals surface area contributed by atoms with Crippen LogP contribution in [-0.2, 0) is 64.8 Å². The van der Waals surface area contributed by atoms with E-state index in [2.05, 4.69) is 41.0 Å². The van der Waals surface area contributed by atoms with E-state index in [0.29, 0.717) is 45.4 Å². The maximum absolute atomic E-state index is 12.2. The summed E-state index contributed by atoms with van der Waals surface area (Å²) in [6, 6.07) is 30.3. The molecule has 0 aliphatic carbocycles. The van der Waals surface area contributed by atoms with Crippen molar-refractivity contribution < 1.29 is 47.9 Å². The summed E-state index contributed by atoms with van der Waals surface area (Å²) >= 11 is 12.1. The molecule has 20 heteroatoms. The Hall–Kier alpha value is -7.32. The SMILES string of the molecule is CC1(c2ccc(Cl)cn2)Oc2cccc(CC3CCN(Cc4nc5ccc(C(=O)O)cc5n4C[C@@H]4CCO4)CC3)c2O1.COC(=O)c1ccc2nc(CN3CCC(Cc4cccc5c4OC(C)(c4ccc(Cl)cn4)O5)CC3)n(C[C@@H]3CCO3)c2c1. The number of carbonyl (C=O) groups excluding carboxylic acids is 1. The molecule has 0 saturated carbocycles. The number of halogens is 2. The van der Waals surface area contributed by atoms with E-state index < -0.39 is 17.5 Å². The van der Waals surface area contributed by atoms with E-state index in [1.807, 2.05) is 68.4 Å². The number of nitrogens with zero attached hydrogens (tertiary/aromatic N) is 8. The minimum atomic E-state index is -0.992. The number of piperidine rings is 2. The van der Waals surface area contributed by atoms with Gasteiger partial charge in [0.15, 0.2) is 23.0 Å². The summed E-state index contributed by atoms with van der Waals surface area (Å²) in [6.45, 7) is 12.2. The van der Waals surface area contributed by atoms with Crippen molar-refractivity contribution in [3.05, 3.63) is 165 Å². The van der Waals surface area contributed by atoms with Gasteiger partial charge in [0.05, 0.1) is 88.7 Å². The van der Waals surface area contributed by atoms with E-state index in [9.17, 15) is 14.7 Å². The number of imidazole rings is 2. The second-order valence-electron chi connectivity index (χ2n) is 23.4. The molecular formula is C65H68Cl2N8O10. The molecule has 4 aromatic carbocycles. The van der Waals surface area contributed by atoms with Gasteiger partial charge < -0.3 is 47.4 Å². The van der Waals surface area contributed by atoms with Crippen LogP contribution in [0.25, 0.3) is 22.1 Å². The van der Waals surface area contributed by atoms with Gasteiger partial charge in [-0.3, -0.25) is 19.8 Å². The van der Waals surface area contributed by atoms with Crippen LogP contribution in [0.5, 0.6) is 23.0 Å². The number of fused-ring (bicyclic) bond motifs is 4. The van der Waals surface area contributed by atoms with Crippen molar-refractivity contribution in [1.29, 1.82) is 0 Å². The Labute approximate surface area is 502 Å². The van der Waals surface area contributed by atoms with Crippen LogP contribution in [0.4, 0.5) is 0 Å². The molecule has 0 amide bonds. The Morgan fingerprint density at radius 1 is 0.600 bits per heavy atom. The quantitative estimate of drug-likeness (QED) is 0.0899. The number of aromatic carboxylic acids is 1. The molecule has 4 fully saturated rings. The fourth-order valence-corrected chi connectivity index (χ4v) is 12.8. The average Bonchev–Trinajstić information content (AvgIpc) is 3.82. The summed E-state index contributed by atoms with van der Waals surface area (Å²) in [5, 5.41) is 10.7. The van der Waals surface area contributed by atoms with Crippen molar-refractivity contribution in [1.82, 2.24) is 38.9 Å². The van der Waals surface area contributed by atoms with Gasteiger partial charge in [0, 0.05) is 39.5 Å². The van der Waals surface area contributed by atoms with Crippen molar-refractivity contribution in [2.24, 2.45) is 11.8 Å². The van der Waals surface area contributed by atoms with Gasteiger partial charge in [0.2, 0.25) is 0 Å². The number of para-hydroxylation sites is 2. The predicted octanol–water partition coefficient (Wildman–Crippen LogP) is 11.4. The number of methoxy groups -OCH3 is 1. The molecule has 0 spiro atoms. The van der Waals surface area contributed by atoms with Gasteiger partial charge in [0.1, 0.15) is 23.0 Å². The number of esters is 1. The predicted molar refractivity (Wildman–Crippen MR) is 318 cm³/mol. The molecule has 8 aromatic rings. The van der Waals surface area contributed by atoms with Crippen molar-refractivity contribution >= 4 is 57.2 Å². The largest absolute Gasteiger partial charge is 0.478 e. The lowest BCUT2D eigenvalue weighted by atomic mass is 9.89. The summed E-state index contributed by atoms with van der Waals surface area (Å²) in [4.78, 5) is 47.5. The summed E-state index contributed by atoms with van der Waals surface area (Å²) in [5.74, 6) is 2.88. The van der Waals surface area contributed by atoms with Crippen LogP contribution >= 0.6 is 23.2 Å². The zero-order chi connectivity index (χ0) is 58.4. The van der Waals surface area contributed by atoms with Crippen molar-refractivity contribution in [3.8, 4) is 23.0 Å². The van der Waals surface area contributed by atoms with Crippen LogP contribution in [-0.4, -0.2) is 115 Å². The van der Waals surface area contributed by atoms with Crippen LogP contribution < -0.4 is 18.9 Å². The summed E-state index contributed by atoms with van der Waals surface area (Å²) in [7, 11) is 1.41. The van der Waals surface area contributed by atoms with Crippen LogP contribution in [0.15, 0.2) is 109 Å². The van der Waals surface area contributed by atoms with Gasteiger partial charge in [0.25, 0.3) is 11.6 Å². The minimum Gasteiger partial charge on any atom is -0.478 e. The van der Waals surface area contributed by atoms with Gasteiger partial charge in [-0.15, -0.1) is 0 Å². The van der Waals surface area contributed by atoms with E-state index in [1.54, 1.807) is 42.7 Å². The molecule has 10 heterocycles. The van der Waals surface area contributed by atoms with Crippen LogP contribution in [0.2, 0.25) is 10.0 Å². The third-order valence-corrected chi connectivity index (χ3v) is 18.0. The first-order valence-electron chi connectivity index (χ1n) is 29.4. The number of hydrogen-bond donors (Lipinski definition) is 1. The topological polar surface area (TPSA) is 187 Å². The molecule has 18 nitrogen and oxygen atoms in total. The minimum absolute atomic E-state index is 0.150. The third-order valence-electron chi connectivity index (χ3n) is 17.6. The molecule has 6 aliphatic heterocycles. The number of carbonyl (C=O) groups is 2. The second-order valence-corrected chi connectivity index (χ2v) is 24.3. The molecule has 4 saturated heterocycles. The summed E-state index contributed by atoms with van der Waals surface area (Å²) < 4.78 is 46.2. The maximum atomic E-state index is 12.2. The number of rotatable bonds is 16. The zero-order valence-corrected chi connectivity index (χ0v) is 49.4. The highest BCUT2D eigenvalue weighted by Crippen LogP contribution is 2.48. The number of ether oxygens (including phenoxy) is 7. The Bertz CT molecular complexity index is 3760. The zero-order valence-electron chi connectivity index (χ0n) is 47.9. The second kappa shape index (κ2) is 23.9. The van der Waals surface area contributed by atoms with Crippen molar-refractivity contribution in [2.45, 2.75) is 115 Å². The number of carboxylic acid groups (broad SMARTS) is 1. The molecule has 0 bridgehead atoms. The molecule has 1 N–H and O–H groups in total. The van der Waals surface area contributed by atoms with Gasteiger partial charge in [-0.2, -0.15) is 0 Å². The number of benzene rings is 4. The highest BCUT2D eigenvalue weighted by atomic mass is 35.5. The molecular weight excluding hydrogens is 1120 g/mol. The fraction of sp³-hybridized carbons (Fsp3) is 0.415. The molecule has 2 unspecified atom stereocenters. The van der Waals surface area contributed by atoms with E-state index in [0.717, 1.165) is 178 Å². The van der Waals surface area contributed by atoms with E-state index in [-0.39, 0.29) is 23.7 Å². The van der Waals surface area contributed by atoms with E-state index in [4.69, 9.17) is 66.3 Å². The van der Waals surface area contributed by atoms with Gasteiger partial charge in [-0.1, -0.05) is 47.5 Å².